The van der Waals surface area contributed by atoms with Crippen molar-refractivity contribution in [2.75, 3.05) is 19.6 Å². The molecule has 2 fully saturated rings. The van der Waals surface area contributed by atoms with E-state index in [2.05, 4.69) is 18.0 Å². The van der Waals surface area contributed by atoms with Gasteiger partial charge in [-0.15, -0.1) is 0 Å². The first-order valence-corrected chi connectivity index (χ1v) is 9.58. The quantitative estimate of drug-likeness (QED) is 0.835. The molecule has 0 spiro atoms. The summed E-state index contributed by atoms with van der Waals surface area (Å²) in [6.45, 7) is 4.37. The zero-order chi connectivity index (χ0) is 18.1. The third kappa shape index (κ3) is 3.30. The fourth-order valence-electron chi connectivity index (χ4n) is 4.17. The number of carbonyl (C=O) groups is 2. The molecule has 1 atom stereocenters. The molecule has 0 aliphatic carbocycles. The number of aryl methyl sites for hydroxylation is 1. The summed E-state index contributed by atoms with van der Waals surface area (Å²) in [7, 11) is 0. The Balaban J connectivity index is 1.48. The van der Waals surface area contributed by atoms with E-state index in [4.69, 9.17) is 0 Å². The highest BCUT2D eigenvalue weighted by Crippen LogP contribution is 2.23. The molecule has 136 valence electrons. The van der Waals surface area contributed by atoms with Gasteiger partial charge in [0.05, 0.1) is 5.52 Å². The molecule has 5 nitrogen and oxygen atoms in total. The van der Waals surface area contributed by atoms with Crippen molar-refractivity contribution in [3.8, 4) is 0 Å². The third-order valence-electron chi connectivity index (χ3n) is 5.60. The van der Waals surface area contributed by atoms with Gasteiger partial charge in [-0.3, -0.25) is 9.59 Å². The highest BCUT2D eigenvalue weighted by Gasteiger charge is 2.30. The van der Waals surface area contributed by atoms with Gasteiger partial charge in [-0.1, -0.05) is 17.7 Å². The molecule has 2 aromatic rings. The number of aromatic nitrogens is 1. The van der Waals surface area contributed by atoms with E-state index >= 15 is 0 Å². The molecule has 0 bridgehead atoms. The van der Waals surface area contributed by atoms with E-state index < -0.39 is 0 Å². The normalized spacial score (nSPS) is 21.3. The van der Waals surface area contributed by atoms with Crippen molar-refractivity contribution >= 4 is 22.7 Å². The summed E-state index contributed by atoms with van der Waals surface area (Å²) in [4.78, 5) is 33.5. The van der Waals surface area contributed by atoms with E-state index in [0.29, 0.717) is 18.7 Å². The van der Waals surface area contributed by atoms with Gasteiger partial charge in [0.15, 0.2) is 0 Å². The molecule has 1 aromatic carbocycles. The molecule has 0 radical (unpaired) electrons. The summed E-state index contributed by atoms with van der Waals surface area (Å²) in [5.74, 6) is 0.280. The van der Waals surface area contributed by atoms with Crippen LogP contribution >= 0.6 is 0 Å². The second kappa shape index (κ2) is 7.06. The Bertz CT molecular complexity index is 848. The molecule has 26 heavy (non-hydrogen) atoms. The van der Waals surface area contributed by atoms with Crippen molar-refractivity contribution in [1.29, 1.82) is 0 Å². The van der Waals surface area contributed by atoms with Gasteiger partial charge in [0.25, 0.3) is 5.91 Å². The monoisotopic (exact) mass is 351 g/mol. The molecule has 0 saturated carbocycles. The smallest absolute Gasteiger partial charge is 0.272 e. The molecule has 2 aliphatic rings. The number of amides is 2. The fourth-order valence-corrected chi connectivity index (χ4v) is 4.17. The van der Waals surface area contributed by atoms with Crippen LogP contribution in [0.25, 0.3) is 10.9 Å². The van der Waals surface area contributed by atoms with Gasteiger partial charge in [0, 0.05) is 37.5 Å². The molecule has 4 rings (SSSR count). The van der Waals surface area contributed by atoms with Crippen LogP contribution in [0.4, 0.5) is 0 Å². The number of pyridine rings is 1. The lowest BCUT2D eigenvalue weighted by Gasteiger charge is -2.26. The molecule has 2 saturated heterocycles. The molecular formula is C21H25N3O2. The maximum atomic E-state index is 12.9. The standard InChI is InChI=1S/C21H25N3O2/c1-15-6-8-18-16(14-15)7-9-19(22-18)21(26)23-11-2-4-17(10-13-23)24-12-3-5-20(24)25/h6-9,14,17H,2-5,10-13H2,1H3/t17-/m0/s1. The largest absolute Gasteiger partial charge is 0.340 e. The van der Waals surface area contributed by atoms with Crippen LogP contribution in [0.1, 0.15) is 48.2 Å². The predicted octanol–water partition coefficient (Wildman–Crippen LogP) is 3.16. The Morgan fingerprint density at radius 1 is 1.08 bits per heavy atom. The molecule has 3 heterocycles. The maximum absolute atomic E-state index is 12.9. The Labute approximate surface area is 154 Å². The first-order valence-electron chi connectivity index (χ1n) is 9.58. The first kappa shape index (κ1) is 17.0. The molecule has 1 aromatic heterocycles. The van der Waals surface area contributed by atoms with E-state index in [9.17, 15) is 9.59 Å². The minimum atomic E-state index is 0.000809. The Kier molecular flexibility index (Phi) is 4.62. The first-order chi connectivity index (χ1) is 12.6. The van der Waals surface area contributed by atoms with Crippen LogP contribution in [0.3, 0.4) is 0 Å². The Hall–Kier alpha value is -2.43. The van der Waals surface area contributed by atoms with Crippen LogP contribution in [0.2, 0.25) is 0 Å². The van der Waals surface area contributed by atoms with Crippen LogP contribution < -0.4 is 0 Å². The maximum Gasteiger partial charge on any atom is 0.272 e. The summed E-state index contributed by atoms with van der Waals surface area (Å²) < 4.78 is 0. The van der Waals surface area contributed by atoms with Gasteiger partial charge in [0.2, 0.25) is 5.91 Å². The van der Waals surface area contributed by atoms with E-state index in [0.717, 1.165) is 49.7 Å². The van der Waals surface area contributed by atoms with Gasteiger partial charge in [-0.2, -0.15) is 0 Å². The van der Waals surface area contributed by atoms with Crippen LogP contribution in [0, 0.1) is 6.92 Å². The van der Waals surface area contributed by atoms with Crippen molar-refractivity contribution in [1.82, 2.24) is 14.8 Å². The van der Waals surface area contributed by atoms with E-state index in [1.807, 2.05) is 34.1 Å². The van der Waals surface area contributed by atoms with E-state index in [1.165, 1.54) is 5.56 Å². The fraction of sp³-hybridized carbons (Fsp3) is 0.476. The summed E-state index contributed by atoms with van der Waals surface area (Å²) in [5.41, 5.74) is 2.56. The van der Waals surface area contributed by atoms with Gasteiger partial charge in [0.1, 0.15) is 5.69 Å². The molecular weight excluding hydrogens is 326 g/mol. The second-order valence-electron chi connectivity index (χ2n) is 7.46. The van der Waals surface area contributed by atoms with E-state index in [-0.39, 0.29) is 17.9 Å². The van der Waals surface area contributed by atoms with Gasteiger partial charge < -0.3 is 9.80 Å². The summed E-state index contributed by atoms with van der Waals surface area (Å²) in [6, 6.07) is 10.2. The van der Waals surface area contributed by atoms with E-state index in [1.54, 1.807) is 0 Å². The topological polar surface area (TPSA) is 53.5 Å². The number of hydrogen-bond acceptors (Lipinski definition) is 3. The number of carbonyl (C=O) groups excluding carboxylic acids is 2. The number of benzene rings is 1. The SMILES string of the molecule is Cc1ccc2nc(C(=O)N3CCC[C@H](N4CCCC4=O)CC3)ccc2c1. The Morgan fingerprint density at radius 2 is 1.96 bits per heavy atom. The van der Waals surface area contributed by atoms with Crippen molar-refractivity contribution in [3.63, 3.8) is 0 Å². The second-order valence-corrected chi connectivity index (χ2v) is 7.46. The zero-order valence-corrected chi connectivity index (χ0v) is 15.3. The summed E-state index contributed by atoms with van der Waals surface area (Å²) in [6.07, 6.45) is 4.44. The van der Waals surface area contributed by atoms with Crippen LogP contribution in [-0.2, 0) is 4.79 Å². The summed E-state index contributed by atoms with van der Waals surface area (Å²) >= 11 is 0. The molecule has 2 amide bonds. The minimum absolute atomic E-state index is 0.000809. The number of likely N-dealkylation sites (tertiary alicyclic amines) is 2. The number of rotatable bonds is 2. The molecule has 0 N–H and O–H groups in total. The van der Waals surface area contributed by atoms with Gasteiger partial charge >= 0.3 is 0 Å². The van der Waals surface area contributed by atoms with Gasteiger partial charge in [-0.25, -0.2) is 4.98 Å². The zero-order valence-electron chi connectivity index (χ0n) is 15.3. The molecule has 5 heteroatoms. The highest BCUT2D eigenvalue weighted by molar-refractivity contribution is 5.95. The Morgan fingerprint density at radius 3 is 2.77 bits per heavy atom. The van der Waals surface area contributed by atoms with Crippen LogP contribution in [0.15, 0.2) is 30.3 Å². The van der Waals surface area contributed by atoms with Crippen molar-refractivity contribution in [2.24, 2.45) is 0 Å². The lowest BCUT2D eigenvalue weighted by molar-refractivity contribution is -0.129. The van der Waals surface area contributed by atoms with Gasteiger partial charge in [-0.05, 0) is 50.8 Å². The molecule has 0 unspecified atom stereocenters. The lowest BCUT2D eigenvalue weighted by atomic mass is 10.1. The van der Waals surface area contributed by atoms with Crippen LogP contribution in [-0.4, -0.2) is 52.3 Å². The molecule has 2 aliphatic heterocycles. The predicted molar refractivity (Wildman–Crippen MR) is 101 cm³/mol. The number of hydrogen-bond donors (Lipinski definition) is 0. The average Bonchev–Trinajstić information content (AvgIpc) is 2.92. The minimum Gasteiger partial charge on any atom is -0.340 e. The number of fused-ring (bicyclic) bond motifs is 1. The summed E-state index contributed by atoms with van der Waals surface area (Å²) in [5, 5.41) is 1.06. The average molecular weight is 351 g/mol. The van der Waals surface area contributed by atoms with Crippen molar-refractivity contribution in [2.45, 2.75) is 45.1 Å². The van der Waals surface area contributed by atoms with Crippen molar-refractivity contribution in [3.05, 3.63) is 41.6 Å². The third-order valence-corrected chi connectivity index (χ3v) is 5.60. The highest BCUT2D eigenvalue weighted by atomic mass is 16.2. The van der Waals surface area contributed by atoms with Crippen molar-refractivity contribution < 1.29 is 9.59 Å². The lowest BCUT2D eigenvalue weighted by Crippen LogP contribution is -2.38. The number of nitrogens with zero attached hydrogens (tertiary/aromatic N) is 3. The van der Waals surface area contributed by atoms with Crippen LogP contribution in [0.5, 0.6) is 0 Å².